The van der Waals surface area contributed by atoms with Crippen molar-refractivity contribution in [3.05, 3.63) is 24.3 Å². The summed E-state index contributed by atoms with van der Waals surface area (Å²) in [6.45, 7) is 3.73. The van der Waals surface area contributed by atoms with Crippen molar-refractivity contribution in [3.63, 3.8) is 0 Å². The summed E-state index contributed by atoms with van der Waals surface area (Å²) >= 11 is 0. The second kappa shape index (κ2) is 6.45. The third-order valence-corrected chi connectivity index (χ3v) is 4.33. The summed E-state index contributed by atoms with van der Waals surface area (Å²) in [5, 5.41) is 0. The van der Waals surface area contributed by atoms with Crippen LogP contribution in [0.25, 0.3) is 0 Å². The summed E-state index contributed by atoms with van der Waals surface area (Å²) < 4.78 is 59.6. The van der Waals surface area contributed by atoms with Gasteiger partial charge in [-0.15, -0.1) is 0 Å². The average molecular weight is 310 g/mol. The van der Waals surface area contributed by atoms with Crippen molar-refractivity contribution in [1.82, 2.24) is 0 Å². The minimum absolute atomic E-state index is 0.511. The van der Waals surface area contributed by atoms with Gasteiger partial charge < -0.3 is 10.6 Å². The zero-order chi connectivity index (χ0) is 15.4. The Morgan fingerprint density at radius 1 is 1.20 bits per heavy atom. The second-order valence-corrected chi connectivity index (χ2v) is 6.11. The molecule has 114 valence electrons. The van der Waals surface area contributed by atoms with Crippen molar-refractivity contribution < 1.29 is 21.6 Å². The molecule has 0 heterocycles. The van der Waals surface area contributed by atoms with Crippen LogP contribution in [0.4, 0.5) is 18.9 Å². The first-order valence-corrected chi connectivity index (χ1v) is 7.58. The molecule has 20 heavy (non-hydrogen) atoms. The maximum absolute atomic E-state index is 12.4. The van der Waals surface area contributed by atoms with Gasteiger partial charge >= 0.3 is 5.51 Å². The van der Waals surface area contributed by atoms with Gasteiger partial charge in [-0.05, 0) is 44.2 Å². The molecule has 0 saturated heterocycles. The molecule has 1 aromatic carbocycles. The Bertz CT molecular complexity index is 527. The van der Waals surface area contributed by atoms with E-state index in [1.54, 1.807) is 0 Å². The van der Waals surface area contributed by atoms with Crippen LogP contribution in [0.15, 0.2) is 29.2 Å². The number of sulfone groups is 1. The fourth-order valence-corrected chi connectivity index (χ4v) is 2.48. The number of hydrogen-bond donors (Lipinski definition) is 1. The number of hydrogen-bond acceptors (Lipinski definition) is 4. The molecule has 0 radical (unpaired) electrons. The predicted molar refractivity (Wildman–Crippen MR) is 71.2 cm³/mol. The lowest BCUT2D eigenvalue weighted by atomic mass is 10.2. The Morgan fingerprint density at radius 2 is 1.75 bits per heavy atom. The van der Waals surface area contributed by atoms with E-state index in [1.807, 2.05) is 11.8 Å². The van der Waals surface area contributed by atoms with E-state index in [4.69, 9.17) is 5.73 Å². The lowest BCUT2D eigenvalue weighted by Crippen LogP contribution is -2.26. The Hall–Kier alpha value is -1.28. The first-order valence-electron chi connectivity index (χ1n) is 6.10. The van der Waals surface area contributed by atoms with Crippen LogP contribution in [0, 0.1) is 0 Å². The Kier molecular flexibility index (Phi) is 5.41. The van der Waals surface area contributed by atoms with Gasteiger partial charge in [0.2, 0.25) is 0 Å². The van der Waals surface area contributed by atoms with Crippen LogP contribution in [-0.4, -0.2) is 33.6 Å². The molecule has 0 amide bonds. The molecular formula is C12H17F3N2O2S. The summed E-state index contributed by atoms with van der Waals surface area (Å²) in [5.74, 6) is 0. The van der Waals surface area contributed by atoms with Crippen molar-refractivity contribution in [2.24, 2.45) is 5.73 Å². The maximum Gasteiger partial charge on any atom is 0.501 e. The number of nitrogens with zero attached hydrogens (tertiary/aromatic N) is 1. The van der Waals surface area contributed by atoms with E-state index in [0.29, 0.717) is 25.3 Å². The van der Waals surface area contributed by atoms with Gasteiger partial charge in [-0.25, -0.2) is 8.42 Å². The number of nitrogens with two attached hydrogens (primary N) is 1. The van der Waals surface area contributed by atoms with E-state index >= 15 is 0 Å². The highest BCUT2D eigenvalue weighted by Crippen LogP contribution is 2.31. The fourth-order valence-electron chi connectivity index (χ4n) is 1.72. The molecule has 4 nitrogen and oxygen atoms in total. The molecule has 0 aromatic heterocycles. The SMILES string of the molecule is CCN(CCCN)c1ccc(S(=O)(=O)C(F)(F)F)cc1. The average Bonchev–Trinajstić information content (AvgIpc) is 2.39. The molecule has 0 fully saturated rings. The third-order valence-electron chi connectivity index (χ3n) is 2.83. The van der Waals surface area contributed by atoms with Gasteiger partial charge in [0.15, 0.2) is 0 Å². The molecule has 0 bridgehead atoms. The highest BCUT2D eigenvalue weighted by atomic mass is 32.2. The molecule has 0 aliphatic carbocycles. The molecule has 0 aliphatic rings. The molecule has 1 rings (SSSR count). The first kappa shape index (κ1) is 16.8. The minimum atomic E-state index is -5.28. The molecule has 0 saturated carbocycles. The van der Waals surface area contributed by atoms with Crippen molar-refractivity contribution in [2.45, 2.75) is 23.7 Å². The number of rotatable bonds is 6. The standard InChI is InChI=1S/C12H17F3N2O2S/c1-2-17(9-3-8-16)10-4-6-11(7-5-10)20(18,19)12(13,14)15/h4-7H,2-3,8-9,16H2,1H3. The van der Waals surface area contributed by atoms with Crippen LogP contribution in [0.3, 0.4) is 0 Å². The van der Waals surface area contributed by atoms with Gasteiger partial charge in [-0.2, -0.15) is 13.2 Å². The highest BCUT2D eigenvalue weighted by molar-refractivity contribution is 7.92. The molecule has 0 unspecified atom stereocenters. The van der Waals surface area contributed by atoms with Crippen molar-refractivity contribution in [1.29, 1.82) is 0 Å². The molecule has 8 heteroatoms. The van der Waals surface area contributed by atoms with Crippen LogP contribution in [0.2, 0.25) is 0 Å². The molecule has 0 atom stereocenters. The summed E-state index contributed by atoms with van der Waals surface area (Å²) in [6, 6.07) is 4.70. The van der Waals surface area contributed by atoms with E-state index in [1.165, 1.54) is 12.1 Å². The van der Waals surface area contributed by atoms with Gasteiger partial charge in [0.1, 0.15) is 0 Å². The lowest BCUT2D eigenvalue weighted by molar-refractivity contribution is -0.0436. The van der Waals surface area contributed by atoms with Crippen LogP contribution in [0.5, 0.6) is 0 Å². The normalized spacial score (nSPS) is 12.4. The molecule has 1 aromatic rings. The lowest BCUT2D eigenvalue weighted by Gasteiger charge is -2.23. The Labute approximate surface area is 116 Å². The van der Waals surface area contributed by atoms with E-state index < -0.39 is 20.2 Å². The zero-order valence-electron chi connectivity index (χ0n) is 11.0. The van der Waals surface area contributed by atoms with E-state index in [2.05, 4.69) is 0 Å². The summed E-state index contributed by atoms with van der Waals surface area (Å²) in [5.41, 5.74) is 0.797. The topological polar surface area (TPSA) is 63.4 Å². The van der Waals surface area contributed by atoms with Crippen LogP contribution >= 0.6 is 0 Å². The second-order valence-electron chi connectivity index (χ2n) is 4.16. The first-order chi connectivity index (χ1) is 9.24. The van der Waals surface area contributed by atoms with Gasteiger partial charge in [0.05, 0.1) is 4.90 Å². The van der Waals surface area contributed by atoms with Crippen LogP contribution in [-0.2, 0) is 9.84 Å². The number of halogens is 3. The van der Waals surface area contributed by atoms with E-state index in [0.717, 1.165) is 18.6 Å². The Morgan fingerprint density at radius 3 is 2.15 bits per heavy atom. The minimum Gasteiger partial charge on any atom is -0.372 e. The zero-order valence-corrected chi connectivity index (χ0v) is 11.8. The van der Waals surface area contributed by atoms with Gasteiger partial charge in [0, 0.05) is 18.8 Å². The largest absolute Gasteiger partial charge is 0.501 e. The molecule has 0 aliphatic heterocycles. The number of anilines is 1. The van der Waals surface area contributed by atoms with Crippen LogP contribution in [0.1, 0.15) is 13.3 Å². The van der Waals surface area contributed by atoms with E-state index in [9.17, 15) is 21.6 Å². The highest BCUT2D eigenvalue weighted by Gasteiger charge is 2.46. The monoisotopic (exact) mass is 310 g/mol. The summed E-state index contributed by atoms with van der Waals surface area (Å²) in [6.07, 6.45) is 0.746. The van der Waals surface area contributed by atoms with Crippen molar-refractivity contribution in [3.8, 4) is 0 Å². The smallest absolute Gasteiger partial charge is 0.372 e. The summed E-state index contributed by atoms with van der Waals surface area (Å²) in [4.78, 5) is 1.17. The fraction of sp³-hybridized carbons (Fsp3) is 0.500. The molecular weight excluding hydrogens is 293 g/mol. The Balaban J connectivity index is 2.99. The predicted octanol–water partition coefficient (Wildman–Crippen LogP) is 2.16. The molecule has 2 N–H and O–H groups in total. The summed E-state index contributed by atoms with van der Waals surface area (Å²) in [7, 11) is -5.28. The third kappa shape index (κ3) is 3.63. The molecule has 0 spiro atoms. The maximum atomic E-state index is 12.4. The van der Waals surface area contributed by atoms with Gasteiger partial charge in [-0.3, -0.25) is 0 Å². The van der Waals surface area contributed by atoms with E-state index in [-0.39, 0.29) is 0 Å². The quantitative estimate of drug-likeness (QED) is 0.874. The van der Waals surface area contributed by atoms with Gasteiger partial charge in [-0.1, -0.05) is 0 Å². The number of alkyl halides is 3. The van der Waals surface area contributed by atoms with Crippen molar-refractivity contribution >= 4 is 15.5 Å². The van der Waals surface area contributed by atoms with Crippen LogP contribution < -0.4 is 10.6 Å². The number of benzene rings is 1. The van der Waals surface area contributed by atoms with Crippen molar-refractivity contribution in [2.75, 3.05) is 24.5 Å². The van der Waals surface area contributed by atoms with Gasteiger partial charge in [0.25, 0.3) is 9.84 Å².